The zero-order chi connectivity index (χ0) is 21.4. The minimum atomic E-state index is -1.54. The zero-order valence-corrected chi connectivity index (χ0v) is 16.9. The Morgan fingerprint density at radius 2 is 1.81 bits per heavy atom. The minimum absolute atomic E-state index is 0.102. The third-order valence-electron chi connectivity index (χ3n) is 6.24. The van der Waals surface area contributed by atoms with E-state index in [4.69, 9.17) is 0 Å². The fourth-order valence-corrected chi connectivity index (χ4v) is 4.72. The molecule has 2 heterocycles. The van der Waals surface area contributed by atoms with Gasteiger partial charge in [0.15, 0.2) is 5.66 Å². The number of para-hydroxylation sites is 1. The number of benzene rings is 3. The van der Waals surface area contributed by atoms with Gasteiger partial charge in [-0.25, -0.2) is 4.79 Å². The number of rotatable bonds is 5. The summed E-state index contributed by atoms with van der Waals surface area (Å²) in [5.41, 5.74) is 1.16. The van der Waals surface area contributed by atoms with Gasteiger partial charge in [0.25, 0.3) is 0 Å². The van der Waals surface area contributed by atoms with E-state index >= 15 is 0 Å². The first-order valence-corrected chi connectivity index (χ1v) is 10.4. The van der Waals surface area contributed by atoms with Crippen LogP contribution in [0, 0.1) is 0 Å². The van der Waals surface area contributed by atoms with Gasteiger partial charge in [-0.3, -0.25) is 10.1 Å². The number of amides is 1. The third kappa shape index (κ3) is 3.35. The Kier molecular flexibility index (Phi) is 4.71. The van der Waals surface area contributed by atoms with E-state index in [0.717, 1.165) is 32.8 Å². The fraction of sp³-hybridized carbons (Fsp3) is 0.200. The summed E-state index contributed by atoms with van der Waals surface area (Å²) in [5.74, 6) is -1.77. The first-order valence-electron chi connectivity index (χ1n) is 10.4. The maximum absolute atomic E-state index is 13.0. The molecule has 1 aliphatic rings. The van der Waals surface area contributed by atoms with Gasteiger partial charge in [0.1, 0.15) is 0 Å². The van der Waals surface area contributed by atoms with Gasteiger partial charge in [0.2, 0.25) is 5.91 Å². The van der Waals surface area contributed by atoms with E-state index in [1.807, 2.05) is 66.7 Å². The number of aliphatic carboxylic acids is 1. The van der Waals surface area contributed by atoms with Crippen LogP contribution in [0.5, 0.6) is 0 Å². The maximum Gasteiger partial charge on any atom is 0.345 e. The molecular weight excluding hydrogens is 390 g/mol. The summed E-state index contributed by atoms with van der Waals surface area (Å²) in [6.45, 7) is 0.511. The summed E-state index contributed by atoms with van der Waals surface area (Å²) in [6.07, 6.45) is 2.53. The Morgan fingerprint density at radius 1 is 1.03 bits per heavy atom. The first-order chi connectivity index (χ1) is 15.1. The van der Waals surface area contributed by atoms with Crippen molar-refractivity contribution in [2.45, 2.75) is 24.4 Å². The number of nitrogens with one attached hydrogen (secondary N) is 3. The molecule has 156 valence electrons. The summed E-state index contributed by atoms with van der Waals surface area (Å²) in [4.78, 5) is 28.6. The smallest absolute Gasteiger partial charge is 0.345 e. The highest BCUT2D eigenvalue weighted by atomic mass is 16.4. The van der Waals surface area contributed by atoms with Crippen LogP contribution < -0.4 is 10.6 Å². The molecular formula is C25H23N3O3. The number of carbonyl (C=O) groups excluding carboxylic acids is 1. The molecule has 1 amide bonds. The van der Waals surface area contributed by atoms with Gasteiger partial charge in [-0.2, -0.15) is 0 Å². The monoisotopic (exact) mass is 413 g/mol. The number of aromatic nitrogens is 1. The summed E-state index contributed by atoms with van der Waals surface area (Å²) < 4.78 is 0. The van der Waals surface area contributed by atoms with Crippen molar-refractivity contribution in [1.82, 2.24) is 15.6 Å². The minimum Gasteiger partial charge on any atom is -0.478 e. The largest absolute Gasteiger partial charge is 0.478 e. The molecule has 0 saturated carbocycles. The number of carbonyl (C=O) groups is 2. The van der Waals surface area contributed by atoms with Crippen molar-refractivity contribution in [3.05, 3.63) is 84.1 Å². The normalized spacial score (nSPS) is 20.8. The van der Waals surface area contributed by atoms with Crippen molar-refractivity contribution in [2.24, 2.45) is 0 Å². The molecule has 31 heavy (non-hydrogen) atoms. The van der Waals surface area contributed by atoms with Crippen LogP contribution >= 0.6 is 0 Å². The van der Waals surface area contributed by atoms with Gasteiger partial charge in [-0.15, -0.1) is 0 Å². The van der Waals surface area contributed by atoms with Crippen molar-refractivity contribution in [2.75, 3.05) is 6.54 Å². The van der Waals surface area contributed by atoms with Crippen LogP contribution in [0.15, 0.2) is 72.9 Å². The molecule has 1 aliphatic heterocycles. The summed E-state index contributed by atoms with van der Waals surface area (Å²) in [7, 11) is 0. The van der Waals surface area contributed by atoms with Crippen molar-refractivity contribution in [3.8, 4) is 0 Å². The molecule has 0 aliphatic carbocycles. The topological polar surface area (TPSA) is 94.2 Å². The number of H-pyrrole nitrogens is 1. The second kappa shape index (κ2) is 7.56. The third-order valence-corrected chi connectivity index (χ3v) is 6.24. The van der Waals surface area contributed by atoms with Crippen molar-refractivity contribution < 1.29 is 14.7 Å². The Bertz CT molecular complexity index is 1300. The molecule has 0 spiro atoms. The molecule has 1 fully saturated rings. The Labute approximate surface area is 179 Å². The Hall–Kier alpha value is -3.64. The highest BCUT2D eigenvalue weighted by molar-refractivity contribution is 5.92. The van der Waals surface area contributed by atoms with Gasteiger partial charge in [0, 0.05) is 23.0 Å². The van der Waals surface area contributed by atoms with Gasteiger partial charge < -0.3 is 15.4 Å². The van der Waals surface area contributed by atoms with Crippen LogP contribution in [-0.4, -0.2) is 34.2 Å². The molecule has 1 unspecified atom stereocenters. The zero-order valence-electron chi connectivity index (χ0n) is 16.9. The predicted octanol–water partition coefficient (Wildman–Crippen LogP) is 3.54. The quantitative estimate of drug-likeness (QED) is 0.403. The maximum atomic E-state index is 13.0. The Balaban J connectivity index is 1.45. The van der Waals surface area contributed by atoms with E-state index in [9.17, 15) is 14.7 Å². The number of fused-ring (bicyclic) bond motifs is 2. The van der Waals surface area contributed by atoms with Gasteiger partial charge in [0.05, 0.1) is 6.42 Å². The van der Waals surface area contributed by atoms with Gasteiger partial charge in [-0.05, 0) is 40.9 Å². The second-order valence-electron chi connectivity index (χ2n) is 8.07. The molecule has 5 rings (SSSR count). The lowest BCUT2D eigenvalue weighted by Crippen LogP contribution is -2.64. The standard InChI is InChI=1S/C25H23N3O3/c29-23(14-19-15-26-22-8-4-3-7-20(19)22)28-25(24(30)31)21(11-12-27-25)18-10-9-16-5-1-2-6-17(16)13-18/h1-10,13,15,21,26-27H,11-12,14H2,(H,28,29)(H,30,31)/t21?,25-/m1/s1. The van der Waals surface area contributed by atoms with Crippen LogP contribution in [0.3, 0.4) is 0 Å². The van der Waals surface area contributed by atoms with Crippen molar-refractivity contribution in [1.29, 1.82) is 0 Å². The number of hydrogen-bond donors (Lipinski definition) is 4. The molecule has 6 nitrogen and oxygen atoms in total. The lowest BCUT2D eigenvalue weighted by Gasteiger charge is -2.32. The van der Waals surface area contributed by atoms with Gasteiger partial charge in [-0.1, -0.05) is 60.7 Å². The molecule has 4 aromatic rings. The first kappa shape index (κ1) is 19.3. The summed E-state index contributed by atoms with van der Waals surface area (Å²) in [5, 5.41) is 19.2. The summed E-state index contributed by atoms with van der Waals surface area (Å²) in [6, 6.07) is 21.7. The van der Waals surface area contributed by atoms with Crippen molar-refractivity contribution >= 4 is 33.6 Å². The Morgan fingerprint density at radius 3 is 2.65 bits per heavy atom. The predicted molar refractivity (Wildman–Crippen MR) is 120 cm³/mol. The van der Waals surface area contributed by atoms with Gasteiger partial charge >= 0.3 is 5.97 Å². The molecule has 0 radical (unpaired) electrons. The highest BCUT2D eigenvalue weighted by Gasteiger charge is 2.51. The average Bonchev–Trinajstić information content (AvgIpc) is 3.39. The van der Waals surface area contributed by atoms with E-state index in [0.29, 0.717) is 13.0 Å². The molecule has 0 bridgehead atoms. The molecule has 1 saturated heterocycles. The van der Waals surface area contributed by atoms with E-state index in [-0.39, 0.29) is 18.2 Å². The molecule has 1 aromatic heterocycles. The number of carboxylic acids is 1. The number of carboxylic acid groups (broad SMARTS) is 1. The van der Waals surface area contributed by atoms with Crippen LogP contribution in [0.1, 0.15) is 23.5 Å². The fourth-order valence-electron chi connectivity index (χ4n) is 4.72. The second-order valence-corrected chi connectivity index (χ2v) is 8.07. The lowest BCUT2D eigenvalue weighted by molar-refractivity contribution is -0.149. The van der Waals surface area contributed by atoms with E-state index < -0.39 is 11.6 Å². The van der Waals surface area contributed by atoms with E-state index in [1.54, 1.807) is 6.20 Å². The van der Waals surface area contributed by atoms with Crippen molar-refractivity contribution in [3.63, 3.8) is 0 Å². The number of hydrogen-bond acceptors (Lipinski definition) is 3. The lowest BCUT2D eigenvalue weighted by atomic mass is 9.85. The van der Waals surface area contributed by atoms with Crippen LogP contribution in [-0.2, 0) is 16.0 Å². The molecule has 2 atom stereocenters. The molecule has 6 heteroatoms. The molecule has 3 aromatic carbocycles. The average molecular weight is 413 g/mol. The summed E-state index contributed by atoms with van der Waals surface area (Å²) >= 11 is 0. The highest BCUT2D eigenvalue weighted by Crippen LogP contribution is 2.36. The van der Waals surface area contributed by atoms with E-state index in [1.165, 1.54) is 0 Å². The molecule has 4 N–H and O–H groups in total. The number of aromatic amines is 1. The van der Waals surface area contributed by atoms with Crippen LogP contribution in [0.2, 0.25) is 0 Å². The van der Waals surface area contributed by atoms with E-state index in [2.05, 4.69) is 15.6 Å². The SMILES string of the molecule is O=C(Cc1c[nH]c2ccccc12)N[C@]1(C(=O)O)NCCC1c1ccc2ccccc2c1. The van der Waals surface area contributed by atoms with Crippen LogP contribution in [0.25, 0.3) is 21.7 Å². The van der Waals surface area contributed by atoms with Crippen LogP contribution in [0.4, 0.5) is 0 Å².